The van der Waals surface area contributed by atoms with Gasteiger partial charge in [-0.3, -0.25) is 28.1 Å². The number of aliphatic hydroxyl groups excluding tert-OH is 2. The van der Waals surface area contributed by atoms with Gasteiger partial charge in [0.15, 0.2) is 17.7 Å². The van der Waals surface area contributed by atoms with Crippen molar-refractivity contribution in [3.63, 3.8) is 0 Å². The largest absolute Gasteiger partial charge is 0.790 e. The Labute approximate surface area is 419 Å². The number of thioether (sulfide) groups is 1. The molecule has 3 rings (SSSR count). The Morgan fingerprint density at radius 2 is 1.46 bits per heavy atom. The lowest BCUT2D eigenvalue weighted by molar-refractivity contribution is -0.347. The van der Waals surface area contributed by atoms with Crippen molar-refractivity contribution >= 4 is 69.1 Å². The Bertz CT molecular complexity index is 2160. The second-order valence-corrected chi connectivity index (χ2v) is 22.8. The van der Waals surface area contributed by atoms with Crippen molar-refractivity contribution in [3.05, 3.63) is 37.0 Å². The van der Waals surface area contributed by atoms with Gasteiger partial charge in [0.05, 0.1) is 27.4 Å². The SMILES string of the molecule is CCCCCCCC/C=C\CCCCCCCCC/C=C/C(=O)SCCNC(=O)CCNC(=O)[C@H](O)C(C)(C)COP(=O)([O-])OP(=O)([O-])OC[C@H]1O[C@@H](n2cnc3c(N)ncnc32)[C@H](O)[C@@H]1OP(=O)([O-])[O-]. The van der Waals surface area contributed by atoms with Crippen LogP contribution in [0.5, 0.6) is 0 Å². The first-order valence-electron chi connectivity index (χ1n) is 23.9. The summed E-state index contributed by atoms with van der Waals surface area (Å²) in [6, 6.07) is 0. The fourth-order valence-electron chi connectivity index (χ4n) is 7.17. The number of anilines is 1. The van der Waals surface area contributed by atoms with E-state index in [0.29, 0.717) is 5.75 Å². The monoisotopic (exact) mass is 1080 g/mol. The van der Waals surface area contributed by atoms with Gasteiger partial charge in [-0.1, -0.05) is 115 Å². The molecule has 0 saturated carbocycles. The summed E-state index contributed by atoms with van der Waals surface area (Å²) in [6.45, 7) is 2.36. The Balaban J connectivity index is 1.27. The number of carbonyl (C=O) groups is 3. The average Bonchev–Trinajstić information content (AvgIpc) is 3.86. The zero-order valence-electron chi connectivity index (χ0n) is 40.5. The molecule has 2 unspecified atom stereocenters. The molecule has 1 saturated heterocycles. The molecular weight excluding hydrogens is 1010 g/mol. The number of phosphoric ester groups is 3. The van der Waals surface area contributed by atoms with Crippen LogP contribution in [0.4, 0.5) is 5.82 Å². The van der Waals surface area contributed by atoms with Gasteiger partial charge in [0.1, 0.15) is 36.3 Å². The average molecular weight is 1080 g/mol. The molecule has 71 heavy (non-hydrogen) atoms. The fourth-order valence-corrected chi connectivity index (χ4v) is 10.5. The van der Waals surface area contributed by atoms with E-state index in [-0.39, 0.29) is 41.6 Å². The van der Waals surface area contributed by atoms with Crippen molar-refractivity contribution in [3.8, 4) is 0 Å². The molecule has 2 amide bonds. The summed E-state index contributed by atoms with van der Waals surface area (Å²) < 4.78 is 60.9. The summed E-state index contributed by atoms with van der Waals surface area (Å²) in [5.41, 5.74) is 4.09. The van der Waals surface area contributed by atoms with Crippen molar-refractivity contribution in [1.82, 2.24) is 30.2 Å². The van der Waals surface area contributed by atoms with Crippen LogP contribution in [0.15, 0.2) is 37.0 Å². The van der Waals surface area contributed by atoms with Gasteiger partial charge >= 0.3 is 0 Å². The van der Waals surface area contributed by atoms with Crippen molar-refractivity contribution in [1.29, 1.82) is 0 Å². The number of unbranched alkanes of at least 4 members (excludes halogenated alkanes) is 14. The predicted octanol–water partition coefficient (Wildman–Crippen LogP) is 3.51. The molecule has 1 aliphatic rings. The summed E-state index contributed by atoms with van der Waals surface area (Å²) in [4.78, 5) is 96.9. The minimum Gasteiger partial charge on any atom is -0.790 e. The highest BCUT2D eigenvalue weighted by Crippen LogP contribution is 2.56. The van der Waals surface area contributed by atoms with Crippen LogP contribution in [-0.4, -0.2) is 103 Å². The third kappa shape index (κ3) is 24.3. The second kappa shape index (κ2) is 31.7. The fraction of sp³-hybridized carbons (Fsp3) is 0.721. The Morgan fingerprint density at radius 3 is 2.08 bits per heavy atom. The summed E-state index contributed by atoms with van der Waals surface area (Å²) in [5.74, 6) is -1.21. The number of allylic oxidation sites excluding steroid dienone is 3. The number of nitrogens with zero attached hydrogens (tertiary/aromatic N) is 4. The van der Waals surface area contributed by atoms with Crippen LogP contribution in [0.1, 0.15) is 136 Å². The normalized spacial score (nSPS) is 19.8. The molecule has 1 fully saturated rings. The minimum absolute atomic E-state index is 0.0197. The molecule has 2 aromatic heterocycles. The molecule has 28 heteroatoms. The van der Waals surface area contributed by atoms with Crippen molar-refractivity contribution in [2.45, 2.75) is 161 Å². The molecule has 2 aromatic rings. The van der Waals surface area contributed by atoms with Crippen LogP contribution in [0.25, 0.3) is 11.2 Å². The first-order valence-corrected chi connectivity index (χ1v) is 29.2. The Kier molecular flexibility index (Phi) is 27.8. The Hall–Kier alpha value is -2.96. The number of rotatable bonds is 37. The lowest BCUT2D eigenvalue weighted by Crippen LogP contribution is -2.46. The van der Waals surface area contributed by atoms with Crippen molar-refractivity contribution in [2.75, 3.05) is 37.8 Å². The van der Waals surface area contributed by atoms with Crippen molar-refractivity contribution < 1.29 is 80.5 Å². The van der Waals surface area contributed by atoms with E-state index >= 15 is 0 Å². The van der Waals surface area contributed by atoms with Crippen molar-refractivity contribution in [2.24, 2.45) is 5.41 Å². The van der Waals surface area contributed by atoms with Gasteiger partial charge in [0, 0.05) is 30.7 Å². The smallest absolute Gasteiger partial charge is 0.274 e. The lowest BCUT2D eigenvalue weighted by atomic mass is 9.87. The van der Waals surface area contributed by atoms with Crippen LogP contribution >= 0.6 is 35.2 Å². The summed E-state index contributed by atoms with van der Waals surface area (Å²) in [7, 11) is -17.6. The number of aromatic nitrogens is 4. The molecular formula is C43H70N7O17P3S-4. The number of carbonyl (C=O) groups excluding carboxylic acids is 3. The second-order valence-electron chi connectivity index (χ2n) is 17.6. The number of hydrogen-bond donors (Lipinski definition) is 5. The van der Waals surface area contributed by atoms with E-state index in [0.717, 1.165) is 54.7 Å². The number of fused-ring (bicyclic) bond motifs is 1. The van der Waals surface area contributed by atoms with E-state index in [2.05, 4.69) is 62.5 Å². The molecule has 0 aliphatic carbocycles. The van der Waals surface area contributed by atoms with Crippen LogP contribution in [-0.2, 0) is 50.7 Å². The van der Waals surface area contributed by atoms with Gasteiger partial charge in [-0.05, 0) is 44.6 Å². The number of nitrogen functional groups attached to an aromatic ring is 1. The van der Waals surface area contributed by atoms with E-state index in [9.17, 15) is 57.9 Å². The predicted molar refractivity (Wildman–Crippen MR) is 256 cm³/mol. The van der Waals surface area contributed by atoms with E-state index in [4.69, 9.17) is 10.5 Å². The van der Waals surface area contributed by atoms with Crippen LogP contribution in [0, 0.1) is 5.41 Å². The molecule has 3 heterocycles. The summed E-state index contributed by atoms with van der Waals surface area (Å²) in [6.07, 6.45) is 20.0. The summed E-state index contributed by atoms with van der Waals surface area (Å²) >= 11 is 1.06. The number of aliphatic hydroxyl groups is 2. The van der Waals surface area contributed by atoms with E-state index in [1.54, 1.807) is 6.08 Å². The van der Waals surface area contributed by atoms with E-state index < -0.39 is 84.6 Å². The summed E-state index contributed by atoms with van der Waals surface area (Å²) in [5, 5.41) is 26.3. The molecule has 0 bridgehead atoms. The highest BCUT2D eigenvalue weighted by molar-refractivity contribution is 8.14. The highest BCUT2D eigenvalue weighted by atomic mass is 32.2. The molecule has 1 aliphatic heterocycles. The van der Waals surface area contributed by atoms with Crippen LogP contribution in [0.3, 0.4) is 0 Å². The standard InChI is InChI=1S/C43H74N7O17P3S/c1-4-5-6-7-8-9-10-11-12-13-14-15-16-17-18-19-20-21-22-23-34(52)71-27-26-45-33(51)24-25-46-41(55)38(54)43(2,3)29-64-70(61,62)67-69(59,60)63-28-32-37(66-68(56,57)58)36(53)42(65-32)50-31-49-35-39(44)47-30-48-40(35)50/h11-12,22-23,30-32,36-38,42,53-54H,4-10,13-21,24-29H2,1-3H3,(H,45,51)(H,46,55)(H,59,60)(H,61,62)(H2,44,47,48)(H2,56,57,58)/p-4/b12-11-,23-22+/t32-,36-,37-,38+,42-/m1/s1. The molecule has 0 spiro atoms. The van der Waals surface area contributed by atoms with Gasteiger partial charge in [0.25, 0.3) is 15.6 Å². The van der Waals surface area contributed by atoms with Crippen LogP contribution in [0.2, 0.25) is 0 Å². The first-order chi connectivity index (χ1) is 33.6. The Morgan fingerprint density at radius 1 is 0.873 bits per heavy atom. The molecule has 24 nitrogen and oxygen atoms in total. The molecule has 404 valence electrons. The third-order valence-electron chi connectivity index (χ3n) is 11.1. The quantitative estimate of drug-likeness (QED) is 0.0280. The highest BCUT2D eigenvalue weighted by Gasteiger charge is 2.47. The number of hydrogen-bond acceptors (Lipinski definition) is 22. The van der Waals surface area contributed by atoms with Gasteiger partial charge in [0.2, 0.25) is 16.9 Å². The van der Waals surface area contributed by atoms with Crippen LogP contribution < -0.4 is 35.9 Å². The van der Waals surface area contributed by atoms with E-state index in [1.807, 2.05) is 6.08 Å². The number of amides is 2. The number of phosphoric acid groups is 3. The maximum Gasteiger partial charge on any atom is 0.274 e. The van der Waals surface area contributed by atoms with Gasteiger partial charge in [-0.15, -0.1) is 0 Å². The van der Waals surface area contributed by atoms with E-state index in [1.165, 1.54) is 90.9 Å². The number of nitrogens with two attached hydrogens (primary N) is 1. The molecule has 0 aromatic carbocycles. The third-order valence-corrected chi connectivity index (χ3v) is 14.9. The zero-order chi connectivity index (χ0) is 52.5. The van der Waals surface area contributed by atoms with Gasteiger partial charge < -0.3 is 69.0 Å². The van der Waals surface area contributed by atoms with Gasteiger partial charge in [-0.25, -0.2) is 19.3 Å². The van der Waals surface area contributed by atoms with Gasteiger partial charge in [-0.2, -0.15) is 0 Å². The zero-order valence-corrected chi connectivity index (χ0v) is 44.0. The number of imidazole rings is 1. The molecule has 0 radical (unpaired) electrons. The number of ether oxygens (including phenoxy) is 1. The maximum atomic E-state index is 12.7. The number of nitrogens with one attached hydrogen (secondary N) is 2. The first kappa shape index (κ1) is 62.3. The molecule has 7 atom stereocenters. The minimum atomic E-state index is -5.92. The topological polar surface area (TPSA) is 375 Å². The molecule has 6 N–H and O–H groups in total. The lowest BCUT2D eigenvalue weighted by Gasteiger charge is -2.36. The maximum absolute atomic E-state index is 12.7.